The van der Waals surface area contributed by atoms with Gasteiger partial charge in [-0.05, 0) is 25.2 Å². The van der Waals surface area contributed by atoms with E-state index in [0.29, 0.717) is 11.9 Å². The fourth-order valence-electron chi connectivity index (χ4n) is 1.94. The van der Waals surface area contributed by atoms with Crippen molar-refractivity contribution < 1.29 is 5.11 Å². The van der Waals surface area contributed by atoms with Crippen LogP contribution in [0.25, 0.3) is 10.1 Å². The van der Waals surface area contributed by atoms with Crippen molar-refractivity contribution in [3.63, 3.8) is 0 Å². The Hall–Kier alpha value is -1.39. The van der Waals surface area contributed by atoms with E-state index in [1.54, 1.807) is 6.07 Å². The van der Waals surface area contributed by atoms with Gasteiger partial charge in [-0.25, -0.2) is 0 Å². The van der Waals surface area contributed by atoms with Crippen LogP contribution in [-0.2, 0) is 6.54 Å². The molecule has 18 heavy (non-hydrogen) atoms. The lowest BCUT2D eigenvalue weighted by molar-refractivity contribution is 0.293. The molecule has 4 heteroatoms. The third-order valence-electron chi connectivity index (χ3n) is 3.11. The van der Waals surface area contributed by atoms with Crippen LogP contribution in [-0.4, -0.2) is 23.1 Å². The van der Waals surface area contributed by atoms with E-state index in [0.717, 1.165) is 22.7 Å². The maximum absolute atomic E-state index is 12.0. The normalized spacial score (nSPS) is 11.3. The fraction of sp³-hybridized carbons (Fsp3) is 0.357. The lowest BCUT2D eigenvalue weighted by atomic mass is 10.2. The molecule has 1 aromatic carbocycles. The van der Waals surface area contributed by atoms with Gasteiger partial charge in [0.05, 0.1) is 4.88 Å². The zero-order chi connectivity index (χ0) is 13.1. The maximum Gasteiger partial charge on any atom is 0.229 e. The highest BCUT2D eigenvalue weighted by Gasteiger charge is 2.13. The topological polar surface area (TPSA) is 40.5 Å². The highest BCUT2D eigenvalue weighted by atomic mass is 32.1. The minimum atomic E-state index is -0.258. The summed E-state index contributed by atoms with van der Waals surface area (Å²) >= 11 is 1.50. The quantitative estimate of drug-likeness (QED) is 0.922. The summed E-state index contributed by atoms with van der Waals surface area (Å²) in [7, 11) is 0. The van der Waals surface area contributed by atoms with E-state index in [-0.39, 0.29) is 11.2 Å². The minimum Gasteiger partial charge on any atom is -0.503 e. The fourth-order valence-corrected chi connectivity index (χ4v) is 3.06. The van der Waals surface area contributed by atoms with Crippen molar-refractivity contribution in [1.82, 2.24) is 4.90 Å². The molecule has 0 saturated carbocycles. The summed E-state index contributed by atoms with van der Waals surface area (Å²) in [6.07, 6.45) is 0. The van der Waals surface area contributed by atoms with Crippen LogP contribution in [0.3, 0.4) is 0 Å². The van der Waals surface area contributed by atoms with Crippen LogP contribution < -0.4 is 5.43 Å². The predicted molar refractivity (Wildman–Crippen MR) is 76.4 cm³/mol. The van der Waals surface area contributed by atoms with Crippen molar-refractivity contribution >= 4 is 21.4 Å². The summed E-state index contributed by atoms with van der Waals surface area (Å²) < 4.78 is 0.933. The second kappa shape index (κ2) is 5.50. The summed E-state index contributed by atoms with van der Waals surface area (Å²) in [5.74, 6) is -0.0920. The van der Waals surface area contributed by atoms with Crippen molar-refractivity contribution in [1.29, 1.82) is 0 Å². The summed E-state index contributed by atoms with van der Waals surface area (Å²) in [5, 5.41) is 10.6. The van der Waals surface area contributed by atoms with E-state index in [1.807, 2.05) is 18.2 Å². The maximum atomic E-state index is 12.0. The highest BCUT2D eigenvalue weighted by Crippen LogP contribution is 2.26. The smallest absolute Gasteiger partial charge is 0.229 e. The van der Waals surface area contributed by atoms with Crippen molar-refractivity contribution in [2.24, 2.45) is 0 Å². The standard InChI is InChI=1S/C14H17NO2S/c1-3-15(4-2)9-12-14(17)13(16)10-7-5-6-8-11(10)18-12/h5-8,17H,3-4,9H2,1-2H3. The largest absolute Gasteiger partial charge is 0.503 e. The van der Waals surface area contributed by atoms with Crippen LogP contribution in [0.2, 0.25) is 0 Å². The molecule has 0 unspecified atom stereocenters. The molecule has 1 aromatic heterocycles. The Morgan fingerprint density at radius 3 is 2.56 bits per heavy atom. The molecule has 0 amide bonds. The number of rotatable bonds is 4. The van der Waals surface area contributed by atoms with Gasteiger partial charge in [-0.1, -0.05) is 26.0 Å². The average molecular weight is 263 g/mol. The molecule has 0 fully saturated rings. The van der Waals surface area contributed by atoms with Crippen LogP contribution in [0.1, 0.15) is 18.7 Å². The number of hydrogen-bond donors (Lipinski definition) is 1. The Balaban J connectivity index is 2.52. The Bertz CT molecular complexity index is 602. The Labute approximate surface area is 110 Å². The van der Waals surface area contributed by atoms with Crippen LogP contribution in [0, 0.1) is 0 Å². The second-order valence-corrected chi connectivity index (χ2v) is 5.30. The van der Waals surface area contributed by atoms with Gasteiger partial charge in [0.15, 0.2) is 5.75 Å². The molecule has 0 bridgehead atoms. The zero-order valence-corrected chi connectivity index (χ0v) is 11.5. The average Bonchev–Trinajstić information content (AvgIpc) is 2.41. The summed E-state index contributed by atoms with van der Waals surface area (Å²) in [6, 6.07) is 7.41. The van der Waals surface area contributed by atoms with Crippen LogP contribution >= 0.6 is 11.3 Å². The van der Waals surface area contributed by atoms with E-state index in [1.165, 1.54) is 11.3 Å². The van der Waals surface area contributed by atoms with E-state index in [4.69, 9.17) is 0 Å². The highest BCUT2D eigenvalue weighted by molar-refractivity contribution is 7.18. The molecule has 0 aliphatic rings. The lowest BCUT2D eigenvalue weighted by Gasteiger charge is -2.18. The van der Waals surface area contributed by atoms with Gasteiger partial charge >= 0.3 is 0 Å². The zero-order valence-electron chi connectivity index (χ0n) is 10.6. The first-order valence-electron chi connectivity index (χ1n) is 6.13. The summed E-state index contributed by atoms with van der Waals surface area (Å²) in [5.41, 5.74) is -0.258. The van der Waals surface area contributed by atoms with E-state index >= 15 is 0 Å². The Kier molecular flexibility index (Phi) is 3.99. The number of fused-ring (bicyclic) bond motifs is 1. The van der Waals surface area contributed by atoms with Gasteiger partial charge in [0.1, 0.15) is 0 Å². The number of hydrogen-bond acceptors (Lipinski definition) is 4. The van der Waals surface area contributed by atoms with Gasteiger partial charge < -0.3 is 5.11 Å². The van der Waals surface area contributed by atoms with E-state index in [9.17, 15) is 9.90 Å². The monoisotopic (exact) mass is 263 g/mol. The molecule has 0 atom stereocenters. The molecular weight excluding hydrogens is 246 g/mol. The van der Waals surface area contributed by atoms with Crippen molar-refractivity contribution in [2.75, 3.05) is 13.1 Å². The van der Waals surface area contributed by atoms with Gasteiger partial charge in [-0.15, -0.1) is 11.3 Å². The molecule has 1 N–H and O–H groups in total. The minimum absolute atomic E-state index is 0.0920. The molecule has 96 valence electrons. The Morgan fingerprint density at radius 1 is 1.22 bits per heavy atom. The van der Waals surface area contributed by atoms with Crippen LogP contribution in [0.15, 0.2) is 29.1 Å². The third kappa shape index (κ3) is 2.40. The van der Waals surface area contributed by atoms with Crippen molar-refractivity contribution in [3.05, 3.63) is 39.4 Å². The molecule has 0 aliphatic carbocycles. The third-order valence-corrected chi connectivity index (χ3v) is 4.25. The second-order valence-electron chi connectivity index (χ2n) is 4.16. The van der Waals surface area contributed by atoms with E-state index < -0.39 is 0 Å². The number of aromatic hydroxyl groups is 1. The first kappa shape index (κ1) is 13.1. The van der Waals surface area contributed by atoms with E-state index in [2.05, 4.69) is 18.7 Å². The van der Waals surface area contributed by atoms with Gasteiger partial charge in [-0.3, -0.25) is 9.69 Å². The molecule has 3 nitrogen and oxygen atoms in total. The Morgan fingerprint density at radius 2 is 1.89 bits per heavy atom. The molecule has 2 aromatic rings. The number of benzene rings is 1. The van der Waals surface area contributed by atoms with Gasteiger partial charge in [-0.2, -0.15) is 0 Å². The first-order valence-corrected chi connectivity index (χ1v) is 6.95. The van der Waals surface area contributed by atoms with Gasteiger partial charge in [0, 0.05) is 16.6 Å². The summed E-state index contributed by atoms with van der Waals surface area (Å²) in [4.78, 5) is 15.0. The first-order chi connectivity index (χ1) is 8.67. The predicted octanol–water partition coefficient (Wildman–Crippen LogP) is 2.81. The lowest BCUT2D eigenvalue weighted by Crippen LogP contribution is -2.22. The molecule has 0 spiro atoms. The van der Waals surface area contributed by atoms with Crippen LogP contribution in [0.5, 0.6) is 5.75 Å². The molecule has 0 saturated heterocycles. The summed E-state index contributed by atoms with van der Waals surface area (Å²) in [6.45, 7) is 6.59. The molecule has 0 radical (unpaired) electrons. The number of nitrogens with zero attached hydrogens (tertiary/aromatic N) is 1. The van der Waals surface area contributed by atoms with Gasteiger partial charge in [0.2, 0.25) is 5.43 Å². The SMILES string of the molecule is CCN(CC)Cc1sc2ccccc2c(=O)c1O. The van der Waals surface area contributed by atoms with Gasteiger partial charge in [0.25, 0.3) is 0 Å². The van der Waals surface area contributed by atoms with Crippen molar-refractivity contribution in [3.8, 4) is 5.75 Å². The van der Waals surface area contributed by atoms with Crippen LogP contribution in [0.4, 0.5) is 0 Å². The molecule has 2 rings (SSSR count). The van der Waals surface area contributed by atoms with Crippen molar-refractivity contribution in [2.45, 2.75) is 20.4 Å². The molecule has 1 heterocycles. The molecule has 0 aliphatic heterocycles. The molecular formula is C14H17NO2S.